The summed E-state index contributed by atoms with van der Waals surface area (Å²) in [6.45, 7) is 5.28. The Morgan fingerprint density at radius 3 is 2.38 bits per heavy atom. The normalized spacial score (nSPS) is 10.8. The van der Waals surface area contributed by atoms with Crippen molar-refractivity contribution in [1.29, 1.82) is 0 Å². The van der Waals surface area contributed by atoms with Gasteiger partial charge in [0.1, 0.15) is 0 Å². The first-order valence-corrected chi connectivity index (χ1v) is 9.86. The molecule has 3 aromatic rings. The second-order valence-electron chi connectivity index (χ2n) is 6.72. The van der Waals surface area contributed by atoms with Gasteiger partial charge in [-0.1, -0.05) is 42.5 Å². The van der Waals surface area contributed by atoms with Gasteiger partial charge in [0, 0.05) is 37.7 Å². The van der Waals surface area contributed by atoms with Gasteiger partial charge in [-0.25, -0.2) is 9.07 Å². The van der Waals surface area contributed by atoms with Crippen molar-refractivity contribution in [2.45, 2.75) is 26.7 Å². The summed E-state index contributed by atoms with van der Waals surface area (Å²) in [4.78, 5) is 14.4. The van der Waals surface area contributed by atoms with Crippen molar-refractivity contribution in [3.8, 4) is 22.9 Å². The van der Waals surface area contributed by atoms with Crippen LogP contribution in [0.5, 0.6) is 11.6 Å². The monoisotopic (exact) mass is 395 g/mol. The lowest BCUT2D eigenvalue weighted by Gasteiger charge is -2.18. The SMILES string of the molecule is CCN(CC)C(=O)CCc1c(-c2ccccc2)nn(C)c1Oc1ccccc1F. The average molecular weight is 395 g/mol. The number of amides is 1. The summed E-state index contributed by atoms with van der Waals surface area (Å²) in [5.74, 6) is 0.211. The van der Waals surface area contributed by atoms with Crippen LogP contribution >= 0.6 is 0 Å². The summed E-state index contributed by atoms with van der Waals surface area (Å²) < 4.78 is 21.7. The Labute approximate surface area is 170 Å². The molecular weight excluding hydrogens is 369 g/mol. The molecule has 1 heterocycles. The minimum atomic E-state index is -0.444. The molecule has 0 aliphatic heterocycles. The van der Waals surface area contributed by atoms with Crippen molar-refractivity contribution >= 4 is 5.91 Å². The van der Waals surface area contributed by atoms with Crippen molar-refractivity contribution < 1.29 is 13.9 Å². The van der Waals surface area contributed by atoms with Crippen LogP contribution < -0.4 is 4.74 Å². The lowest BCUT2D eigenvalue weighted by atomic mass is 10.0. The van der Waals surface area contributed by atoms with Crippen molar-refractivity contribution in [3.05, 3.63) is 66.0 Å². The molecular formula is C23H26FN3O2. The zero-order valence-electron chi connectivity index (χ0n) is 17.1. The van der Waals surface area contributed by atoms with Gasteiger partial charge >= 0.3 is 0 Å². The third kappa shape index (κ3) is 4.65. The highest BCUT2D eigenvalue weighted by Gasteiger charge is 2.22. The number of nitrogens with zero attached hydrogens (tertiary/aromatic N) is 3. The van der Waals surface area contributed by atoms with Crippen molar-refractivity contribution in [3.63, 3.8) is 0 Å². The molecule has 6 heteroatoms. The molecule has 0 N–H and O–H groups in total. The summed E-state index contributed by atoms with van der Waals surface area (Å²) in [5.41, 5.74) is 2.46. The van der Waals surface area contributed by atoms with E-state index in [1.54, 1.807) is 34.8 Å². The first kappa shape index (κ1) is 20.6. The van der Waals surface area contributed by atoms with Crippen molar-refractivity contribution in [2.75, 3.05) is 13.1 Å². The van der Waals surface area contributed by atoms with Gasteiger partial charge in [0.15, 0.2) is 11.6 Å². The first-order valence-electron chi connectivity index (χ1n) is 9.86. The molecule has 0 unspecified atom stereocenters. The molecule has 1 aromatic heterocycles. The Balaban J connectivity index is 1.98. The number of halogens is 1. The van der Waals surface area contributed by atoms with Gasteiger partial charge < -0.3 is 9.64 Å². The summed E-state index contributed by atoms with van der Waals surface area (Å²) in [6.07, 6.45) is 0.790. The highest BCUT2D eigenvalue weighted by molar-refractivity contribution is 5.77. The number of carbonyl (C=O) groups excluding carboxylic acids is 1. The fraction of sp³-hybridized carbons (Fsp3) is 0.304. The fourth-order valence-corrected chi connectivity index (χ4v) is 3.33. The van der Waals surface area contributed by atoms with E-state index in [4.69, 9.17) is 4.74 Å². The Morgan fingerprint density at radius 2 is 1.72 bits per heavy atom. The molecule has 3 rings (SSSR count). The standard InChI is InChI=1S/C23H26FN3O2/c1-4-27(5-2)21(28)16-15-18-22(17-11-7-6-8-12-17)25-26(3)23(18)29-20-14-10-9-13-19(20)24/h6-14H,4-5,15-16H2,1-3H3. The van der Waals surface area contributed by atoms with Gasteiger partial charge in [-0.2, -0.15) is 5.10 Å². The first-order chi connectivity index (χ1) is 14.0. The number of rotatable bonds is 8. The molecule has 0 atom stereocenters. The van der Waals surface area contributed by atoms with Crippen LogP contribution in [-0.2, 0) is 18.3 Å². The Morgan fingerprint density at radius 1 is 1.07 bits per heavy atom. The molecule has 0 radical (unpaired) electrons. The van der Waals surface area contributed by atoms with E-state index in [-0.39, 0.29) is 11.7 Å². The van der Waals surface area contributed by atoms with Crippen LogP contribution in [0.1, 0.15) is 25.8 Å². The highest BCUT2D eigenvalue weighted by atomic mass is 19.1. The third-order valence-corrected chi connectivity index (χ3v) is 4.88. The van der Waals surface area contributed by atoms with Crippen LogP contribution in [0.15, 0.2) is 54.6 Å². The molecule has 0 spiro atoms. The van der Waals surface area contributed by atoms with Crippen molar-refractivity contribution in [1.82, 2.24) is 14.7 Å². The quantitative estimate of drug-likeness (QED) is 0.549. The maximum absolute atomic E-state index is 14.2. The van der Waals surface area contributed by atoms with E-state index in [1.807, 2.05) is 44.2 Å². The van der Waals surface area contributed by atoms with Gasteiger partial charge in [-0.15, -0.1) is 0 Å². The van der Waals surface area contributed by atoms with Crippen LogP contribution in [0.4, 0.5) is 4.39 Å². The predicted molar refractivity (Wildman–Crippen MR) is 111 cm³/mol. The predicted octanol–water partition coefficient (Wildman–Crippen LogP) is 4.82. The molecule has 0 saturated heterocycles. The molecule has 1 amide bonds. The molecule has 0 saturated carbocycles. The van der Waals surface area contributed by atoms with E-state index < -0.39 is 5.82 Å². The van der Waals surface area contributed by atoms with E-state index >= 15 is 0 Å². The zero-order chi connectivity index (χ0) is 20.8. The number of para-hydroxylation sites is 1. The summed E-state index contributed by atoms with van der Waals surface area (Å²) >= 11 is 0. The number of ether oxygens (including phenoxy) is 1. The maximum Gasteiger partial charge on any atom is 0.222 e. The largest absolute Gasteiger partial charge is 0.436 e. The molecule has 0 bridgehead atoms. The Hall–Kier alpha value is -3.15. The van der Waals surface area contributed by atoms with Crippen LogP contribution in [0.3, 0.4) is 0 Å². The molecule has 0 aliphatic rings. The average Bonchev–Trinajstić information content (AvgIpc) is 3.05. The number of carbonyl (C=O) groups is 1. The molecule has 0 aliphatic carbocycles. The topological polar surface area (TPSA) is 47.4 Å². The lowest BCUT2D eigenvalue weighted by molar-refractivity contribution is -0.130. The fourth-order valence-electron chi connectivity index (χ4n) is 3.33. The number of benzene rings is 2. The van der Waals surface area contributed by atoms with E-state index in [0.717, 1.165) is 16.8 Å². The van der Waals surface area contributed by atoms with E-state index in [9.17, 15) is 9.18 Å². The molecule has 29 heavy (non-hydrogen) atoms. The number of aromatic nitrogens is 2. The van der Waals surface area contributed by atoms with Crippen LogP contribution in [-0.4, -0.2) is 33.7 Å². The molecule has 0 fully saturated rings. The smallest absolute Gasteiger partial charge is 0.222 e. The maximum atomic E-state index is 14.2. The van der Waals surface area contributed by atoms with Crippen LogP contribution in [0.25, 0.3) is 11.3 Å². The second kappa shape index (κ2) is 9.37. The number of hydrogen-bond acceptors (Lipinski definition) is 3. The summed E-state index contributed by atoms with van der Waals surface area (Å²) in [7, 11) is 1.76. The zero-order valence-corrected chi connectivity index (χ0v) is 17.1. The minimum Gasteiger partial charge on any atom is -0.436 e. The summed E-state index contributed by atoms with van der Waals surface area (Å²) in [5, 5.41) is 4.61. The van der Waals surface area contributed by atoms with Crippen LogP contribution in [0.2, 0.25) is 0 Å². The van der Waals surface area contributed by atoms with Crippen molar-refractivity contribution in [2.24, 2.45) is 7.05 Å². The van der Waals surface area contributed by atoms with Gasteiger partial charge in [0.2, 0.25) is 11.8 Å². The van der Waals surface area contributed by atoms with E-state index in [1.165, 1.54) is 6.07 Å². The minimum absolute atomic E-state index is 0.0784. The molecule has 5 nitrogen and oxygen atoms in total. The second-order valence-corrected chi connectivity index (χ2v) is 6.72. The lowest BCUT2D eigenvalue weighted by Crippen LogP contribution is -2.30. The van der Waals surface area contributed by atoms with E-state index in [2.05, 4.69) is 5.10 Å². The Bertz CT molecular complexity index is 966. The highest BCUT2D eigenvalue weighted by Crippen LogP contribution is 2.34. The Kier molecular flexibility index (Phi) is 6.65. The van der Waals surface area contributed by atoms with Gasteiger partial charge in [0.25, 0.3) is 0 Å². The number of aryl methyl sites for hydroxylation is 1. The van der Waals surface area contributed by atoms with Gasteiger partial charge in [-0.05, 0) is 32.4 Å². The van der Waals surface area contributed by atoms with Crippen LogP contribution in [0, 0.1) is 5.82 Å². The molecule has 2 aromatic carbocycles. The van der Waals surface area contributed by atoms with Gasteiger partial charge in [0.05, 0.1) is 5.69 Å². The van der Waals surface area contributed by atoms with E-state index in [0.29, 0.717) is 31.8 Å². The number of hydrogen-bond donors (Lipinski definition) is 0. The van der Waals surface area contributed by atoms with Gasteiger partial charge in [-0.3, -0.25) is 4.79 Å². The third-order valence-electron chi connectivity index (χ3n) is 4.88. The molecule has 152 valence electrons. The summed E-state index contributed by atoms with van der Waals surface area (Å²) in [6, 6.07) is 16.0.